The van der Waals surface area contributed by atoms with Crippen molar-refractivity contribution in [2.24, 2.45) is 5.73 Å². The van der Waals surface area contributed by atoms with E-state index in [-0.39, 0.29) is 12.1 Å². The monoisotopic (exact) mass is 359 g/mol. The number of hydrogen-bond donors (Lipinski definition) is 2. The van der Waals surface area contributed by atoms with Crippen molar-refractivity contribution in [2.45, 2.75) is 25.8 Å². The van der Waals surface area contributed by atoms with Gasteiger partial charge in [0.25, 0.3) is 0 Å². The van der Waals surface area contributed by atoms with Crippen LogP contribution in [0.5, 0.6) is 11.8 Å². The fourth-order valence-corrected chi connectivity index (χ4v) is 3.37. The summed E-state index contributed by atoms with van der Waals surface area (Å²) in [6.07, 6.45) is 6.25. The summed E-state index contributed by atoms with van der Waals surface area (Å²) < 4.78 is 5.73. The summed E-state index contributed by atoms with van der Waals surface area (Å²) in [6, 6.07) is 0.346. The van der Waals surface area contributed by atoms with E-state index < -0.39 is 0 Å². The molecule has 0 bridgehead atoms. The first-order valence-electron chi connectivity index (χ1n) is 8.17. The molecule has 3 aromatic rings. The van der Waals surface area contributed by atoms with E-state index in [1.54, 1.807) is 12.4 Å². The summed E-state index contributed by atoms with van der Waals surface area (Å²) in [7, 11) is 0. The Labute approximate surface area is 149 Å². The minimum atomic E-state index is 0.125. The molecule has 0 unspecified atom stereocenters. The molecule has 8 nitrogen and oxygen atoms in total. The summed E-state index contributed by atoms with van der Waals surface area (Å²) in [5.41, 5.74) is 7.64. The molecule has 0 amide bonds. The number of nitrogens with two attached hydrogens (primary N) is 1. The van der Waals surface area contributed by atoms with Crippen LogP contribution in [0.4, 0.5) is 5.82 Å². The van der Waals surface area contributed by atoms with Gasteiger partial charge in [-0.2, -0.15) is 9.97 Å². The molecule has 4 heterocycles. The van der Waals surface area contributed by atoms with Crippen LogP contribution >= 0.6 is 11.6 Å². The third-order valence-corrected chi connectivity index (χ3v) is 4.66. The number of nitrogens with zero attached hydrogens (tertiary/aromatic N) is 5. The number of H-pyrrole nitrogens is 1. The van der Waals surface area contributed by atoms with E-state index >= 15 is 0 Å². The predicted octanol–water partition coefficient (Wildman–Crippen LogP) is 2.29. The first kappa shape index (κ1) is 16.0. The maximum absolute atomic E-state index is 6.56. The summed E-state index contributed by atoms with van der Waals surface area (Å²) in [4.78, 5) is 22.3. The molecule has 3 aromatic heterocycles. The highest BCUT2D eigenvalue weighted by atomic mass is 35.5. The summed E-state index contributed by atoms with van der Waals surface area (Å²) in [6.45, 7) is 3.58. The number of anilines is 1. The van der Waals surface area contributed by atoms with Crippen LogP contribution in [-0.4, -0.2) is 44.1 Å². The molecule has 0 saturated carbocycles. The van der Waals surface area contributed by atoms with E-state index in [4.69, 9.17) is 22.1 Å². The third kappa shape index (κ3) is 2.98. The number of hydrogen-bond acceptors (Lipinski definition) is 7. The molecule has 1 aliphatic heterocycles. The average Bonchev–Trinajstić information content (AvgIpc) is 3.19. The van der Waals surface area contributed by atoms with Gasteiger partial charge in [0, 0.05) is 24.8 Å². The number of halogens is 1. The lowest BCUT2D eigenvalue weighted by molar-refractivity contribution is 0.439. The van der Waals surface area contributed by atoms with E-state index in [1.807, 2.05) is 6.92 Å². The van der Waals surface area contributed by atoms with Crippen molar-refractivity contribution in [1.82, 2.24) is 24.9 Å². The van der Waals surface area contributed by atoms with Crippen molar-refractivity contribution in [3.8, 4) is 11.8 Å². The van der Waals surface area contributed by atoms with Gasteiger partial charge in [-0.15, -0.1) is 0 Å². The van der Waals surface area contributed by atoms with E-state index in [0.29, 0.717) is 16.4 Å². The minimum absolute atomic E-state index is 0.125. The Kier molecular flexibility index (Phi) is 4.14. The number of rotatable bonds is 4. The molecule has 3 N–H and O–H groups in total. The molecule has 1 saturated heterocycles. The molecule has 25 heavy (non-hydrogen) atoms. The van der Waals surface area contributed by atoms with Gasteiger partial charge in [-0.3, -0.25) is 0 Å². The van der Waals surface area contributed by atoms with Crippen LogP contribution in [-0.2, 0) is 6.42 Å². The first-order valence-corrected chi connectivity index (χ1v) is 8.55. The average molecular weight is 360 g/mol. The molecule has 4 rings (SSSR count). The van der Waals surface area contributed by atoms with Crippen LogP contribution in [0, 0.1) is 0 Å². The van der Waals surface area contributed by atoms with Gasteiger partial charge in [0.2, 0.25) is 0 Å². The van der Waals surface area contributed by atoms with Crippen LogP contribution in [0.15, 0.2) is 18.7 Å². The van der Waals surface area contributed by atoms with Crippen LogP contribution < -0.4 is 15.4 Å². The highest BCUT2D eigenvalue weighted by molar-refractivity contribution is 6.37. The Bertz CT molecular complexity index is 898. The maximum Gasteiger partial charge on any atom is 0.326 e. The lowest BCUT2D eigenvalue weighted by Crippen LogP contribution is -2.27. The number of nitrogens with one attached hydrogen (secondary N) is 1. The van der Waals surface area contributed by atoms with Gasteiger partial charge in [-0.25, -0.2) is 9.97 Å². The Morgan fingerprint density at radius 3 is 2.84 bits per heavy atom. The largest absolute Gasteiger partial charge is 0.421 e. The smallest absolute Gasteiger partial charge is 0.326 e. The van der Waals surface area contributed by atoms with Crippen molar-refractivity contribution >= 4 is 28.5 Å². The lowest BCUT2D eigenvalue weighted by Gasteiger charge is -2.18. The Morgan fingerprint density at radius 2 is 2.16 bits per heavy atom. The van der Waals surface area contributed by atoms with Gasteiger partial charge in [-0.05, 0) is 12.8 Å². The third-order valence-electron chi connectivity index (χ3n) is 4.25. The first-order chi connectivity index (χ1) is 12.2. The standard InChI is InChI=1S/C16H18ClN7O/c1-2-11-13(17)12-14(21-11)22-16(25-10-5-19-8-20-6-10)23-15(12)24-4-3-9(18)7-24/h5-6,8-9H,2-4,7,18H2,1H3,(H,21,22,23)/t9-/m1/s1. The van der Waals surface area contributed by atoms with Crippen LogP contribution in [0.25, 0.3) is 11.0 Å². The summed E-state index contributed by atoms with van der Waals surface area (Å²) in [5.74, 6) is 1.21. The molecule has 0 aliphatic carbocycles. The number of aromatic amines is 1. The Balaban J connectivity index is 1.82. The zero-order chi connectivity index (χ0) is 17.4. The van der Waals surface area contributed by atoms with Crippen LogP contribution in [0.1, 0.15) is 19.0 Å². The van der Waals surface area contributed by atoms with Gasteiger partial charge in [0.15, 0.2) is 5.75 Å². The van der Waals surface area contributed by atoms with E-state index in [0.717, 1.165) is 42.8 Å². The van der Waals surface area contributed by atoms with Crippen molar-refractivity contribution < 1.29 is 4.74 Å². The lowest BCUT2D eigenvalue weighted by atomic mass is 10.3. The van der Waals surface area contributed by atoms with Crippen LogP contribution in [0.3, 0.4) is 0 Å². The predicted molar refractivity (Wildman–Crippen MR) is 95.2 cm³/mol. The quantitative estimate of drug-likeness (QED) is 0.736. The highest BCUT2D eigenvalue weighted by Gasteiger charge is 2.26. The number of aromatic nitrogens is 5. The van der Waals surface area contributed by atoms with E-state index in [2.05, 4.69) is 29.8 Å². The van der Waals surface area contributed by atoms with Gasteiger partial charge >= 0.3 is 6.01 Å². The second-order valence-electron chi connectivity index (χ2n) is 6.00. The molecular weight excluding hydrogens is 342 g/mol. The molecule has 0 aromatic carbocycles. The Morgan fingerprint density at radius 1 is 1.36 bits per heavy atom. The van der Waals surface area contributed by atoms with Gasteiger partial charge < -0.3 is 20.4 Å². The molecule has 1 aliphatic rings. The molecule has 9 heteroatoms. The SMILES string of the molecule is CCc1[nH]c2nc(Oc3cncnc3)nc(N3CC[C@@H](N)C3)c2c1Cl. The van der Waals surface area contributed by atoms with Crippen molar-refractivity contribution in [1.29, 1.82) is 0 Å². The van der Waals surface area contributed by atoms with Crippen molar-refractivity contribution in [3.05, 3.63) is 29.4 Å². The fraction of sp³-hybridized carbons (Fsp3) is 0.375. The second-order valence-corrected chi connectivity index (χ2v) is 6.37. The minimum Gasteiger partial charge on any atom is -0.421 e. The van der Waals surface area contributed by atoms with Gasteiger partial charge in [0.05, 0.1) is 22.8 Å². The molecule has 130 valence electrons. The van der Waals surface area contributed by atoms with E-state index in [1.165, 1.54) is 6.33 Å². The summed E-state index contributed by atoms with van der Waals surface area (Å²) >= 11 is 6.56. The Hall–Kier alpha value is -2.45. The summed E-state index contributed by atoms with van der Waals surface area (Å²) in [5, 5.41) is 1.46. The van der Waals surface area contributed by atoms with E-state index in [9.17, 15) is 0 Å². The van der Waals surface area contributed by atoms with Crippen molar-refractivity contribution in [3.63, 3.8) is 0 Å². The molecule has 0 spiro atoms. The normalized spacial score (nSPS) is 17.4. The fourth-order valence-electron chi connectivity index (χ4n) is 3.01. The highest BCUT2D eigenvalue weighted by Crippen LogP contribution is 2.36. The molecule has 1 fully saturated rings. The number of fused-ring (bicyclic) bond motifs is 1. The zero-order valence-electron chi connectivity index (χ0n) is 13.7. The van der Waals surface area contributed by atoms with Crippen molar-refractivity contribution in [2.75, 3.05) is 18.0 Å². The van der Waals surface area contributed by atoms with Crippen LogP contribution in [0.2, 0.25) is 5.02 Å². The molecule has 0 radical (unpaired) electrons. The molecular formula is C16H18ClN7O. The number of ether oxygens (including phenoxy) is 1. The number of aryl methyl sites for hydroxylation is 1. The topological polar surface area (TPSA) is 106 Å². The molecule has 1 atom stereocenters. The van der Waals surface area contributed by atoms with Gasteiger partial charge in [-0.1, -0.05) is 18.5 Å². The zero-order valence-corrected chi connectivity index (χ0v) is 14.5. The van der Waals surface area contributed by atoms with Gasteiger partial charge in [0.1, 0.15) is 17.8 Å². The second kappa shape index (κ2) is 6.45. The maximum atomic E-state index is 6.56.